The van der Waals surface area contributed by atoms with Crippen LogP contribution < -0.4 is 10.6 Å². The van der Waals surface area contributed by atoms with Crippen LogP contribution in [0, 0.1) is 5.92 Å². The SMILES string of the molecule is CCc1ccc(-c2csc(NC(=O)C3CCCNC3)n2)cc1. The molecule has 0 aliphatic carbocycles. The third-order valence-electron chi connectivity index (χ3n) is 4.06. The number of hydrogen-bond donors (Lipinski definition) is 2. The van der Waals surface area contributed by atoms with Crippen molar-refractivity contribution < 1.29 is 4.79 Å². The average molecular weight is 315 g/mol. The van der Waals surface area contributed by atoms with Crippen molar-refractivity contribution in [2.45, 2.75) is 26.2 Å². The number of carbonyl (C=O) groups excluding carboxylic acids is 1. The second kappa shape index (κ2) is 7.03. The Labute approximate surface area is 135 Å². The summed E-state index contributed by atoms with van der Waals surface area (Å²) in [7, 11) is 0. The summed E-state index contributed by atoms with van der Waals surface area (Å²) in [6.45, 7) is 3.92. The molecular weight excluding hydrogens is 294 g/mol. The Morgan fingerprint density at radius 1 is 1.41 bits per heavy atom. The maximum Gasteiger partial charge on any atom is 0.230 e. The Kier molecular flexibility index (Phi) is 4.85. The van der Waals surface area contributed by atoms with Crippen molar-refractivity contribution in [1.82, 2.24) is 10.3 Å². The number of amides is 1. The van der Waals surface area contributed by atoms with Crippen LogP contribution in [0.15, 0.2) is 29.6 Å². The number of rotatable bonds is 4. The van der Waals surface area contributed by atoms with Gasteiger partial charge in [-0.1, -0.05) is 31.2 Å². The Balaban J connectivity index is 1.66. The molecule has 1 fully saturated rings. The molecule has 2 aromatic rings. The van der Waals surface area contributed by atoms with Crippen LogP contribution >= 0.6 is 11.3 Å². The Hall–Kier alpha value is -1.72. The number of benzene rings is 1. The fourth-order valence-electron chi connectivity index (χ4n) is 2.66. The van der Waals surface area contributed by atoms with E-state index in [2.05, 4.69) is 46.8 Å². The number of aromatic nitrogens is 1. The fourth-order valence-corrected chi connectivity index (χ4v) is 3.38. The predicted molar refractivity (Wildman–Crippen MR) is 91.2 cm³/mol. The van der Waals surface area contributed by atoms with Gasteiger partial charge in [-0.2, -0.15) is 0 Å². The number of piperidine rings is 1. The summed E-state index contributed by atoms with van der Waals surface area (Å²) < 4.78 is 0. The number of nitrogens with zero attached hydrogens (tertiary/aromatic N) is 1. The van der Waals surface area contributed by atoms with Gasteiger partial charge in [-0.25, -0.2) is 4.98 Å². The molecule has 2 N–H and O–H groups in total. The van der Waals surface area contributed by atoms with E-state index < -0.39 is 0 Å². The topological polar surface area (TPSA) is 54.0 Å². The van der Waals surface area contributed by atoms with E-state index >= 15 is 0 Å². The normalized spacial score (nSPS) is 18.1. The van der Waals surface area contributed by atoms with E-state index in [0.29, 0.717) is 5.13 Å². The Morgan fingerprint density at radius 3 is 2.91 bits per heavy atom. The van der Waals surface area contributed by atoms with Crippen LogP contribution in [0.2, 0.25) is 0 Å². The maximum absolute atomic E-state index is 12.2. The summed E-state index contributed by atoms with van der Waals surface area (Å²) in [6, 6.07) is 8.43. The summed E-state index contributed by atoms with van der Waals surface area (Å²) in [5.41, 5.74) is 3.33. The molecule has 1 saturated heterocycles. The first-order valence-electron chi connectivity index (χ1n) is 7.82. The first kappa shape index (κ1) is 15.2. The van der Waals surface area contributed by atoms with Gasteiger partial charge in [0.25, 0.3) is 0 Å². The zero-order chi connectivity index (χ0) is 15.4. The summed E-state index contributed by atoms with van der Waals surface area (Å²) in [5.74, 6) is 0.138. The van der Waals surface area contributed by atoms with Gasteiger partial charge in [0.1, 0.15) is 0 Å². The summed E-state index contributed by atoms with van der Waals surface area (Å²) in [4.78, 5) is 16.7. The summed E-state index contributed by atoms with van der Waals surface area (Å²) in [6.07, 6.45) is 3.05. The third-order valence-corrected chi connectivity index (χ3v) is 4.82. The highest BCUT2D eigenvalue weighted by Crippen LogP contribution is 2.26. The highest BCUT2D eigenvalue weighted by Gasteiger charge is 2.21. The molecule has 4 nitrogen and oxygen atoms in total. The van der Waals surface area contributed by atoms with Crippen molar-refractivity contribution in [1.29, 1.82) is 0 Å². The second-order valence-corrected chi connectivity index (χ2v) is 6.48. The van der Waals surface area contributed by atoms with Gasteiger partial charge in [-0.3, -0.25) is 4.79 Å². The minimum Gasteiger partial charge on any atom is -0.316 e. The Bertz CT molecular complexity index is 630. The van der Waals surface area contributed by atoms with Crippen molar-refractivity contribution in [2.75, 3.05) is 18.4 Å². The molecule has 1 atom stereocenters. The number of nitrogens with one attached hydrogen (secondary N) is 2. The molecule has 0 spiro atoms. The first-order chi connectivity index (χ1) is 10.8. The molecule has 1 aromatic heterocycles. The zero-order valence-electron chi connectivity index (χ0n) is 12.8. The highest BCUT2D eigenvalue weighted by atomic mass is 32.1. The van der Waals surface area contributed by atoms with Crippen LogP contribution in [0.4, 0.5) is 5.13 Å². The molecule has 1 aromatic carbocycles. The minimum absolute atomic E-state index is 0.0601. The number of thiazole rings is 1. The van der Waals surface area contributed by atoms with Crippen LogP contribution in [0.3, 0.4) is 0 Å². The summed E-state index contributed by atoms with van der Waals surface area (Å²) >= 11 is 1.48. The van der Waals surface area contributed by atoms with Gasteiger partial charge >= 0.3 is 0 Å². The third kappa shape index (κ3) is 3.54. The highest BCUT2D eigenvalue weighted by molar-refractivity contribution is 7.14. The zero-order valence-corrected chi connectivity index (χ0v) is 13.6. The molecule has 1 amide bonds. The van der Waals surface area contributed by atoms with Crippen molar-refractivity contribution in [3.63, 3.8) is 0 Å². The Morgan fingerprint density at radius 2 is 2.23 bits per heavy atom. The smallest absolute Gasteiger partial charge is 0.230 e. The van der Waals surface area contributed by atoms with E-state index in [1.165, 1.54) is 16.9 Å². The molecule has 2 heterocycles. The minimum atomic E-state index is 0.0601. The molecule has 3 rings (SSSR count). The fraction of sp³-hybridized carbons (Fsp3) is 0.412. The van der Waals surface area contributed by atoms with Crippen molar-refractivity contribution in [3.8, 4) is 11.3 Å². The van der Waals surface area contributed by atoms with E-state index in [0.717, 1.165) is 43.6 Å². The van der Waals surface area contributed by atoms with Gasteiger partial charge in [0.05, 0.1) is 11.6 Å². The van der Waals surface area contributed by atoms with Gasteiger partial charge in [0.2, 0.25) is 5.91 Å². The van der Waals surface area contributed by atoms with Gasteiger partial charge in [-0.05, 0) is 31.4 Å². The van der Waals surface area contributed by atoms with Gasteiger partial charge in [-0.15, -0.1) is 11.3 Å². The molecule has 1 aliphatic heterocycles. The molecule has 1 unspecified atom stereocenters. The predicted octanol–water partition coefficient (Wildman–Crippen LogP) is 3.31. The van der Waals surface area contributed by atoms with Crippen LogP contribution in [0.25, 0.3) is 11.3 Å². The van der Waals surface area contributed by atoms with E-state index in [1.807, 2.05) is 5.38 Å². The molecule has 0 bridgehead atoms. The van der Waals surface area contributed by atoms with Crippen LogP contribution in [0.1, 0.15) is 25.3 Å². The second-order valence-electron chi connectivity index (χ2n) is 5.62. The molecule has 22 heavy (non-hydrogen) atoms. The molecular formula is C17H21N3OS. The number of anilines is 1. The van der Waals surface area contributed by atoms with Crippen molar-refractivity contribution in [3.05, 3.63) is 35.2 Å². The standard InChI is InChI=1S/C17H21N3OS/c1-2-12-5-7-13(8-6-12)15-11-22-17(19-15)20-16(21)14-4-3-9-18-10-14/h5-8,11,14,18H,2-4,9-10H2,1H3,(H,19,20,21). The van der Waals surface area contributed by atoms with Gasteiger partial charge in [0, 0.05) is 17.5 Å². The monoisotopic (exact) mass is 315 g/mol. The number of aryl methyl sites for hydroxylation is 1. The molecule has 0 radical (unpaired) electrons. The lowest BCUT2D eigenvalue weighted by Crippen LogP contribution is -2.37. The van der Waals surface area contributed by atoms with E-state index in [1.54, 1.807) is 0 Å². The lowest BCUT2D eigenvalue weighted by atomic mass is 9.99. The number of hydrogen-bond acceptors (Lipinski definition) is 4. The van der Waals surface area contributed by atoms with Gasteiger partial charge < -0.3 is 10.6 Å². The largest absolute Gasteiger partial charge is 0.316 e. The summed E-state index contributed by atoms with van der Waals surface area (Å²) in [5, 5.41) is 8.90. The van der Waals surface area contributed by atoms with Crippen LogP contribution in [0.5, 0.6) is 0 Å². The van der Waals surface area contributed by atoms with Crippen molar-refractivity contribution >= 4 is 22.4 Å². The lowest BCUT2D eigenvalue weighted by molar-refractivity contribution is -0.120. The van der Waals surface area contributed by atoms with E-state index in [-0.39, 0.29) is 11.8 Å². The van der Waals surface area contributed by atoms with E-state index in [9.17, 15) is 4.79 Å². The molecule has 0 saturated carbocycles. The number of carbonyl (C=O) groups is 1. The van der Waals surface area contributed by atoms with Crippen LogP contribution in [-0.2, 0) is 11.2 Å². The molecule has 5 heteroatoms. The van der Waals surface area contributed by atoms with E-state index in [4.69, 9.17) is 0 Å². The van der Waals surface area contributed by atoms with Gasteiger partial charge in [0.15, 0.2) is 5.13 Å². The van der Waals surface area contributed by atoms with Crippen molar-refractivity contribution in [2.24, 2.45) is 5.92 Å². The first-order valence-corrected chi connectivity index (χ1v) is 8.70. The lowest BCUT2D eigenvalue weighted by Gasteiger charge is -2.21. The molecule has 116 valence electrons. The maximum atomic E-state index is 12.2. The van der Waals surface area contributed by atoms with Crippen LogP contribution in [-0.4, -0.2) is 24.0 Å². The molecule has 1 aliphatic rings. The average Bonchev–Trinajstić information content (AvgIpc) is 3.04. The quantitative estimate of drug-likeness (QED) is 0.910.